The van der Waals surface area contributed by atoms with Gasteiger partial charge in [-0.2, -0.15) is 0 Å². The van der Waals surface area contributed by atoms with E-state index in [4.69, 9.17) is 15.2 Å². The fraction of sp³-hybridized carbons (Fsp3) is 1.00. The van der Waals surface area contributed by atoms with Gasteiger partial charge in [0.25, 0.3) is 0 Å². The Morgan fingerprint density at radius 3 is 2.38 bits per heavy atom. The first-order valence-corrected chi connectivity index (χ1v) is 4.52. The average molecular weight is 191 g/mol. The van der Waals surface area contributed by atoms with Crippen LogP contribution in [-0.4, -0.2) is 37.8 Å². The van der Waals surface area contributed by atoms with Gasteiger partial charge in [-0.05, 0) is 26.2 Å². The summed E-state index contributed by atoms with van der Waals surface area (Å²) in [5.41, 5.74) is 4.34. The molecule has 0 aromatic rings. The summed E-state index contributed by atoms with van der Waals surface area (Å²) in [6.45, 7) is 2.27. The fourth-order valence-electron chi connectivity index (χ4n) is 1.08. The van der Waals surface area contributed by atoms with E-state index in [2.05, 4.69) is 0 Å². The molecule has 0 rings (SSSR count). The van der Waals surface area contributed by atoms with Gasteiger partial charge >= 0.3 is 0 Å². The summed E-state index contributed by atoms with van der Waals surface area (Å²) < 4.78 is 10.1. The highest BCUT2D eigenvalue weighted by Crippen LogP contribution is 2.11. The Kier molecular flexibility index (Phi) is 6.24. The number of ether oxygens (including phenoxy) is 2. The number of rotatable bonds is 7. The van der Waals surface area contributed by atoms with Gasteiger partial charge in [0, 0.05) is 20.8 Å². The Labute approximate surface area is 80.0 Å². The van der Waals surface area contributed by atoms with Gasteiger partial charge in [-0.15, -0.1) is 0 Å². The Balaban J connectivity index is 3.59. The molecule has 0 spiro atoms. The molecule has 80 valence electrons. The Morgan fingerprint density at radius 2 is 2.00 bits per heavy atom. The molecule has 0 aromatic heterocycles. The third-order valence-electron chi connectivity index (χ3n) is 1.95. The maximum absolute atomic E-state index is 9.28. The lowest BCUT2D eigenvalue weighted by Gasteiger charge is -2.21. The van der Waals surface area contributed by atoms with E-state index in [0.29, 0.717) is 13.0 Å². The smallest absolute Gasteiger partial charge is 0.110 e. The highest BCUT2D eigenvalue weighted by Gasteiger charge is 2.16. The summed E-state index contributed by atoms with van der Waals surface area (Å²) in [6, 6.07) is 0. The van der Waals surface area contributed by atoms with Crippen LogP contribution in [0.2, 0.25) is 0 Å². The zero-order chi connectivity index (χ0) is 10.3. The van der Waals surface area contributed by atoms with E-state index >= 15 is 0 Å². The van der Waals surface area contributed by atoms with Crippen LogP contribution in [0.1, 0.15) is 26.2 Å². The van der Waals surface area contributed by atoms with Crippen LogP contribution in [0.25, 0.3) is 0 Å². The van der Waals surface area contributed by atoms with Crippen LogP contribution in [0.15, 0.2) is 0 Å². The summed E-state index contributed by atoms with van der Waals surface area (Å²) in [5, 5.41) is 9.28. The molecule has 0 radical (unpaired) electrons. The summed E-state index contributed by atoms with van der Waals surface area (Å²) >= 11 is 0. The number of hydrogen-bond acceptors (Lipinski definition) is 4. The molecule has 0 aromatic carbocycles. The highest BCUT2D eigenvalue weighted by molar-refractivity contribution is 4.67. The fourth-order valence-corrected chi connectivity index (χ4v) is 1.08. The van der Waals surface area contributed by atoms with Crippen molar-refractivity contribution in [2.45, 2.75) is 38.0 Å². The topological polar surface area (TPSA) is 64.7 Å². The van der Waals surface area contributed by atoms with Crippen LogP contribution in [0.3, 0.4) is 0 Å². The van der Waals surface area contributed by atoms with Crippen molar-refractivity contribution in [2.75, 3.05) is 20.8 Å². The van der Waals surface area contributed by atoms with Gasteiger partial charge < -0.3 is 20.3 Å². The van der Waals surface area contributed by atoms with E-state index in [1.165, 1.54) is 0 Å². The van der Waals surface area contributed by atoms with Crippen molar-refractivity contribution in [3.05, 3.63) is 0 Å². The van der Waals surface area contributed by atoms with E-state index in [0.717, 1.165) is 12.8 Å². The molecule has 2 atom stereocenters. The van der Waals surface area contributed by atoms with E-state index in [-0.39, 0.29) is 6.10 Å². The summed E-state index contributed by atoms with van der Waals surface area (Å²) in [7, 11) is 3.32. The predicted octanol–water partition coefficient (Wildman–Crippen LogP) is 0.485. The molecule has 4 nitrogen and oxygen atoms in total. The Morgan fingerprint density at radius 1 is 1.38 bits per heavy atom. The Bertz CT molecular complexity index is 123. The minimum absolute atomic E-state index is 0.120. The number of hydrogen-bond donors (Lipinski definition) is 2. The zero-order valence-corrected chi connectivity index (χ0v) is 8.75. The van der Waals surface area contributed by atoms with Crippen LogP contribution in [0.4, 0.5) is 0 Å². The first-order chi connectivity index (χ1) is 5.99. The van der Waals surface area contributed by atoms with Crippen molar-refractivity contribution >= 4 is 0 Å². The molecule has 0 aliphatic heterocycles. The highest BCUT2D eigenvalue weighted by atomic mass is 16.5. The maximum Gasteiger partial charge on any atom is 0.110 e. The van der Waals surface area contributed by atoms with Crippen molar-refractivity contribution in [1.29, 1.82) is 0 Å². The van der Waals surface area contributed by atoms with E-state index in [9.17, 15) is 5.11 Å². The first-order valence-electron chi connectivity index (χ1n) is 4.52. The van der Waals surface area contributed by atoms with Crippen molar-refractivity contribution < 1.29 is 14.6 Å². The standard InChI is InChI=1S/C9H21NO3/c1-9(10,11)6-4-8(13-3)5-7-12-2/h8,11H,4-7,10H2,1-3H3/t8-,9?/m0/s1. The molecular formula is C9H21NO3. The second-order valence-corrected chi connectivity index (χ2v) is 3.54. The van der Waals surface area contributed by atoms with Crippen molar-refractivity contribution in [2.24, 2.45) is 5.73 Å². The third kappa shape index (κ3) is 8.18. The van der Waals surface area contributed by atoms with Crippen LogP contribution in [0, 0.1) is 0 Å². The number of aliphatic hydroxyl groups is 1. The molecule has 0 bridgehead atoms. The van der Waals surface area contributed by atoms with Crippen molar-refractivity contribution in [1.82, 2.24) is 0 Å². The molecule has 13 heavy (non-hydrogen) atoms. The minimum atomic E-state index is -1.09. The van der Waals surface area contributed by atoms with E-state index < -0.39 is 5.72 Å². The van der Waals surface area contributed by atoms with Crippen LogP contribution in [0.5, 0.6) is 0 Å². The number of nitrogens with two attached hydrogens (primary N) is 1. The molecule has 0 aliphatic rings. The van der Waals surface area contributed by atoms with E-state index in [1.54, 1.807) is 21.1 Å². The first kappa shape index (κ1) is 12.8. The van der Waals surface area contributed by atoms with Crippen LogP contribution in [-0.2, 0) is 9.47 Å². The third-order valence-corrected chi connectivity index (χ3v) is 1.95. The largest absolute Gasteiger partial charge is 0.385 e. The summed E-state index contributed by atoms with van der Waals surface area (Å²) in [6.07, 6.45) is 2.25. The molecule has 0 fully saturated rings. The molecule has 0 amide bonds. The predicted molar refractivity (Wildman–Crippen MR) is 51.3 cm³/mol. The molecule has 0 heterocycles. The van der Waals surface area contributed by atoms with Gasteiger partial charge in [-0.25, -0.2) is 0 Å². The lowest BCUT2D eigenvalue weighted by atomic mass is 10.1. The van der Waals surface area contributed by atoms with Gasteiger partial charge in [-0.3, -0.25) is 0 Å². The van der Waals surface area contributed by atoms with Crippen molar-refractivity contribution in [3.63, 3.8) is 0 Å². The maximum atomic E-state index is 9.28. The minimum Gasteiger partial charge on any atom is -0.385 e. The van der Waals surface area contributed by atoms with Gasteiger partial charge in [0.05, 0.1) is 6.10 Å². The van der Waals surface area contributed by atoms with Gasteiger partial charge in [0.2, 0.25) is 0 Å². The number of methoxy groups -OCH3 is 2. The lowest BCUT2D eigenvalue weighted by molar-refractivity contribution is 0.0156. The lowest BCUT2D eigenvalue weighted by Crippen LogP contribution is -2.36. The van der Waals surface area contributed by atoms with Gasteiger partial charge in [0.1, 0.15) is 5.72 Å². The normalized spacial score (nSPS) is 18.2. The molecule has 0 saturated carbocycles. The molecule has 0 saturated heterocycles. The van der Waals surface area contributed by atoms with Gasteiger partial charge in [0.15, 0.2) is 0 Å². The molecular weight excluding hydrogens is 170 g/mol. The monoisotopic (exact) mass is 191 g/mol. The second-order valence-electron chi connectivity index (χ2n) is 3.54. The summed E-state index contributed by atoms with van der Waals surface area (Å²) in [5.74, 6) is 0. The van der Waals surface area contributed by atoms with Crippen molar-refractivity contribution in [3.8, 4) is 0 Å². The second kappa shape index (κ2) is 6.32. The van der Waals surface area contributed by atoms with E-state index in [1.807, 2.05) is 0 Å². The molecule has 4 heteroatoms. The quantitative estimate of drug-likeness (QED) is 0.575. The summed E-state index contributed by atoms with van der Waals surface area (Å²) in [4.78, 5) is 0. The molecule has 0 aliphatic carbocycles. The zero-order valence-electron chi connectivity index (χ0n) is 8.75. The SMILES string of the molecule is COCC[C@H](CCC(C)(N)O)OC. The molecule has 3 N–H and O–H groups in total. The van der Waals surface area contributed by atoms with Crippen LogP contribution >= 0.6 is 0 Å². The van der Waals surface area contributed by atoms with Gasteiger partial charge in [-0.1, -0.05) is 0 Å². The average Bonchev–Trinajstić information content (AvgIpc) is 2.03. The molecule has 1 unspecified atom stereocenters. The Hall–Kier alpha value is -0.160. The van der Waals surface area contributed by atoms with Crippen LogP contribution < -0.4 is 5.73 Å².